The van der Waals surface area contributed by atoms with E-state index < -0.39 is 0 Å². The summed E-state index contributed by atoms with van der Waals surface area (Å²) >= 11 is 12.3. The van der Waals surface area contributed by atoms with Crippen molar-refractivity contribution in [2.24, 2.45) is 5.73 Å². The van der Waals surface area contributed by atoms with E-state index in [0.29, 0.717) is 34.5 Å². The Morgan fingerprint density at radius 2 is 1.89 bits per heavy atom. The zero-order valence-corrected chi connectivity index (χ0v) is 15.7. The first kappa shape index (κ1) is 17.8. The number of amides is 1. The molecular weight excluding hydrogens is 383 g/mol. The minimum Gasteiger partial charge on any atom is -0.353 e. The van der Waals surface area contributed by atoms with Crippen molar-refractivity contribution in [2.45, 2.75) is 0 Å². The number of aromatic amines is 1. The summed E-state index contributed by atoms with van der Waals surface area (Å²) in [7, 11) is 0. The Balaban J connectivity index is 1.99. The van der Waals surface area contributed by atoms with Gasteiger partial charge in [-0.25, -0.2) is 4.98 Å². The van der Waals surface area contributed by atoms with Crippen LogP contribution in [0.25, 0.3) is 33.1 Å². The van der Waals surface area contributed by atoms with Gasteiger partial charge in [-0.1, -0.05) is 47.5 Å². The van der Waals surface area contributed by atoms with Gasteiger partial charge < -0.3 is 16.0 Å². The highest BCUT2D eigenvalue weighted by Gasteiger charge is 2.17. The first-order chi connectivity index (χ1) is 13.1. The molecule has 5 nitrogen and oxygen atoms in total. The lowest BCUT2D eigenvalue weighted by atomic mass is 10.1. The van der Waals surface area contributed by atoms with Crippen molar-refractivity contribution in [1.82, 2.24) is 15.3 Å². The Morgan fingerprint density at radius 1 is 1.07 bits per heavy atom. The molecule has 7 heteroatoms. The second kappa shape index (κ2) is 7.19. The number of halogens is 2. The van der Waals surface area contributed by atoms with Crippen molar-refractivity contribution in [3.8, 4) is 11.3 Å². The zero-order valence-electron chi connectivity index (χ0n) is 14.2. The Hall–Kier alpha value is -2.60. The van der Waals surface area contributed by atoms with Gasteiger partial charge in [0.1, 0.15) is 5.69 Å². The Kier molecular flexibility index (Phi) is 4.74. The molecule has 0 spiro atoms. The Morgan fingerprint density at radius 3 is 2.67 bits per heavy atom. The normalized spacial score (nSPS) is 11.2. The largest absolute Gasteiger partial charge is 0.353 e. The monoisotopic (exact) mass is 398 g/mol. The fraction of sp³-hybridized carbons (Fsp3) is 0.100. The van der Waals surface area contributed by atoms with Crippen molar-refractivity contribution in [3.05, 3.63) is 64.3 Å². The standard InChI is InChI=1S/C20H16Cl2N4O/c21-14-6-5-11(9-15(14)22)18-19-13(12-3-1-2-4-16(12)25-19)10-17(26-18)20(27)24-8-7-23/h1-6,9-10,25H,7-8,23H2,(H,24,27). The molecule has 0 saturated carbocycles. The summed E-state index contributed by atoms with van der Waals surface area (Å²) < 4.78 is 0. The molecule has 0 radical (unpaired) electrons. The number of aromatic nitrogens is 2. The molecule has 0 aliphatic heterocycles. The number of rotatable bonds is 4. The van der Waals surface area contributed by atoms with E-state index in [4.69, 9.17) is 28.9 Å². The summed E-state index contributed by atoms with van der Waals surface area (Å²) in [6.07, 6.45) is 0. The number of nitrogens with two attached hydrogens (primary N) is 1. The molecule has 4 N–H and O–H groups in total. The summed E-state index contributed by atoms with van der Waals surface area (Å²) in [6, 6.07) is 15.0. The molecule has 1 amide bonds. The van der Waals surface area contributed by atoms with Crippen LogP contribution in [0.1, 0.15) is 10.5 Å². The lowest BCUT2D eigenvalue weighted by molar-refractivity contribution is 0.0950. The molecule has 4 rings (SSSR count). The number of nitrogens with zero attached hydrogens (tertiary/aromatic N) is 1. The smallest absolute Gasteiger partial charge is 0.269 e. The first-order valence-electron chi connectivity index (χ1n) is 8.43. The maximum absolute atomic E-state index is 12.5. The van der Waals surface area contributed by atoms with E-state index in [2.05, 4.69) is 15.3 Å². The molecule has 0 aliphatic carbocycles. The van der Waals surface area contributed by atoms with E-state index in [0.717, 1.165) is 27.4 Å². The van der Waals surface area contributed by atoms with E-state index in [1.54, 1.807) is 18.2 Å². The number of nitrogens with one attached hydrogen (secondary N) is 2. The highest BCUT2D eigenvalue weighted by molar-refractivity contribution is 6.42. The third-order valence-electron chi connectivity index (χ3n) is 4.35. The maximum Gasteiger partial charge on any atom is 0.269 e. The van der Waals surface area contributed by atoms with Crippen LogP contribution in [0.5, 0.6) is 0 Å². The van der Waals surface area contributed by atoms with Crippen LogP contribution in [-0.4, -0.2) is 29.0 Å². The number of pyridine rings is 1. The zero-order chi connectivity index (χ0) is 19.0. The minimum absolute atomic E-state index is 0.269. The molecular formula is C20H16Cl2N4O. The van der Waals surface area contributed by atoms with Gasteiger partial charge in [0, 0.05) is 34.9 Å². The van der Waals surface area contributed by atoms with Crippen LogP contribution in [-0.2, 0) is 0 Å². The predicted octanol–water partition coefficient (Wildman–Crippen LogP) is 4.38. The van der Waals surface area contributed by atoms with Gasteiger partial charge in [-0.05, 0) is 24.3 Å². The molecule has 27 heavy (non-hydrogen) atoms. The summed E-state index contributed by atoms with van der Waals surface area (Å²) in [6.45, 7) is 0.745. The van der Waals surface area contributed by atoms with E-state index in [1.165, 1.54) is 0 Å². The molecule has 4 aromatic rings. The molecule has 2 aromatic heterocycles. The van der Waals surface area contributed by atoms with Crippen molar-refractivity contribution in [1.29, 1.82) is 0 Å². The first-order valence-corrected chi connectivity index (χ1v) is 9.19. The molecule has 136 valence electrons. The number of para-hydroxylation sites is 1. The summed E-state index contributed by atoms with van der Waals surface area (Å²) in [5.41, 5.74) is 9.03. The van der Waals surface area contributed by atoms with Crippen LogP contribution in [0.15, 0.2) is 48.5 Å². The van der Waals surface area contributed by atoms with E-state index in [-0.39, 0.29) is 5.91 Å². The Bertz CT molecular complexity index is 1170. The van der Waals surface area contributed by atoms with Gasteiger partial charge in [0.2, 0.25) is 0 Å². The number of carbonyl (C=O) groups is 1. The van der Waals surface area contributed by atoms with Crippen molar-refractivity contribution in [2.75, 3.05) is 13.1 Å². The van der Waals surface area contributed by atoms with Gasteiger partial charge >= 0.3 is 0 Å². The predicted molar refractivity (Wildman–Crippen MR) is 110 cm³/mol. The van der Waals surface area contributed by atoms with Gasteiger partial charge in [0.15, 0.2) is 0 Å². The number of hydrogen-bond acceptors (Lipinski definition) is 3. The maximum atomic E-state index is 12.5. The van der Waals surface area contributed by atoms with Crippen LogP contribution in [0.4, 0.5) is 0 Å². The quantitative estimate of drug-likeness (QED) is 0.476. The van der Waals surface area contributed by atoms with E-state index in [9.17, 15) is 4.79 Å². The highest BCUT2D eigenvalue weighted by Crippen LogP contribution is 2.35. The minimum atomic E-state index is -0.269. The van der Waals surface area contributed by atoms with E-state index >= 15 is 0 Å². The molecule has 2 aromatic carbocycles. The van der Waals surface area contributed by atoms with Gasteiger partial charge in [-0.2, -0.15) is 0 Å². The lowest BCUT2D eigenvalue weighted by Gasteiger charge is -2.09. The van der Waals surface area contributed by atoms with Crippen molar-refractivity contribution >= 4 is 50.9 Å². The number of hydrogen-bond donors (Lipinski definition) is 3. The molecule has 0 fully saturated rings. The number of carbonyl (C=O) groups excluding carboxylic acids is 1. The van der Waals surface area contributed by atoms with Crippen molar-refractivity contribution < 1.29 is 4.79 Å². The number of H-pyrrole nitrogens is 1. The second-order valence-electron chi connectivity index (χ2n) is 6.12. The highest BCUT2D eigenvalue weighted by atomic mass is 35.5. The third-order valence-corrected chi connectivity index (χ3v) is 5.09. The fourth-order valence-electron chi connectivity index (χ4n) is 3.09. The van der Waals surface area contributed by atoms with Gasteiger partial charge in [-0.3, -0.25) is 4.79 Å². The third kappa shape index (κ3) is 3.25. The molecule has 0 bridgehead atoms. The number of benzene rings is 2. The molecule has 0 saturated heterocycles. The molecule has 0 unspecified atom stereocenters. The summed E-state index contributed by atoms with van der Waals surface area (Å²) in [5, 5.41) is 5.59. The van der Waals surface area contributed by atoms with Crippen molar-refractivity contribution in [3.63, 3.8) is 0 Å². The van der Waals surface area contributed by atoms with Crippen LogP contribution < -0.4 is 11.1 Å². The SMILES string of the molecule is NCCNC(=O)c1cc2c([nH]c3ccccc32)c(-c2ccc(Cl)c(Cl)c2)n1. The number of fused-ring (bicyclic) bond motifs is 3. The fourth-order valence-corrected chi connectivity index (χ4v) is 3.39. The van der Waals surface area contributed by atoms with Gasteiger partial charge in [0.05, 0.1) is 21.3 Å². The molecule has 0 atom stereocenters. The summed E-state index contributed by atoms with van der Waals surface area (Å²) in [4.78, 5) is 20.5. The van der Waals surface area contributed by atoms with Crippen LogP contribution >= 0.6 is 23.2 Å². The average molecular weight is 399 g/mol. The lowest BCUT2D eigenvalue weighted by Crippen LogP contribution is -2.29. The topological polar surface area (TPSA) is 83.8 Å². The van der Waals surface area contributed by atoms with Crippen LogP contribution in [0.2, 0.25) is 10.0 Å². The van der Waals surface area contributed by atoms with Crippen LogP contribution in [0.3, 0.4) is 0 Å². The average Bonchev–Trinajstić information content (AvgIpc) is 3.06. The van der Waals surface area contributed by atoms with Gasteiger partial charge in [0.25, 0.3) is 5.91 Å². The van der Waals surface area contributed by atoms with E-state index in [1.807, 2.05) is 30.3 Å². The Labute approximate surface area is 165 Å². The van der Waals surface area contributed by atoms with Gasteiger partial charge in [-0.15, -0.1) is 0 Å². The van der Waals surface area contributed by atoms with Crippen LogP contribution in [0, 0.1) is 0 Å². The second-order valence-corrected chi connectivity index (χ2v) is 6.94. The molecule has 0 aliphatic rings. The summed E-state index contributed by atoms with van der Waals surface area (Å²) in [5.74, 6) is -0.269. The molecule has 2 heterocycles.